The average molecular weight is 432 g/mol. The molecule has 0 rings (SSSR count). The summed E-state index contributed by atoms with van der Waals surface area (Å²) in [6.07, 6.45) is -35.0. The van der Waals surface area contributed by atoms with Gasteiger partial charge in [0.2, 0.25) is 0 Å². The summed E-state index contributed by atoms with van der Waals surface area (Å²) in [5.41, 5.74) is 0. The maximum Gasteiger partial charge on any atom is 0.460 e. The number of ether oxygens (including phenoxy) is 2. The van der Waals surface area contributed by atoms with Crippen LogP contribution >= 0.6 is 0 Å². The predicted molar refractivity (Wildman–Crippen MR) is 45.0 cm³/mol. The van der Waals surface area contributed by atoms with Crippen molar-refractivity contribution >= 4 is 0 Å². The van der Waals surface area contributed by atoms with Gasteiger partial charge < -0.3 is 5.11 Å². The summed E-state index contributed by atoms with van der Waals surface area (Å²) >= 11 is 0. The Morgan fingerprint density at radius 1 is 0.500 bits per heavy atom. The Kier molecular flexibility index (Phi) is 6.17. The second kappa shape index (κ2) is 6.47. The van der Waals surface area contributed by atoms with Crippen LogP contribution in [-0.4, -0.2) is 54.2 Å². The number of alkyl halides is 15. The Hall–Kier alpha value is -1.17. The summed E-state index contributed by atoms with van der Waals surface area (Å²) in [6.45, 7) is -2.78. The molecule has 0 aliphatic rings. The summed E-state index contributed by atoms with van der Waals surface area (Å²) in [7, 11) is 0. The second-order valence-corrected chi connectivity index (χ2v) is 4.20. The lowest BCUT2D eigenvalue weighted by molar-refractivity contribution is -0.542. The Bertz CT molecular complexity index is 496. The van der Waals surface area contributed by atoms with E-state index >= 15 is 0 Å². The second-order valence-electron chi connectivity index (χ2n) is 4.20. The van der Waals surface area contributed by atoms with Gasteiger partial charge >= 0.3 is 42.5 Å². The molecule has 0 spiro atoms. The highest BCUT2D eigenvalue weighted by atomic mass is 19.4. The highest BCUT2D eigenvalue weighted by Gasteiger charge is 2.85. The smallest absolute Gasteiger partial charge is 0.387 e. The van der Waals surface area contributed by atoms with Crippen LogP contribution in [0.4, 0.5) is 65.9 Å². The minimum absolute atomic E-state index is 1.34. The normalized spacial score (nSPS) is 16.2. The molecule has 3 nitrogen and oxygen atoms in total. The quantitative estimate of drug-likeness (QED) is 0.585. The molecule has 0 aliphatic heterocycles. The van der Waals surface area contributed by atoms with Crippen molar-refractivity contribution in [1.82, 2.24) is 0 Å². The molecule has 0 aliphatic carbocycles. The van der Waals surface area contributed by atoms with Gasteiger partial charge in [0.05, 0.1) is 0 Å². The molecule has 0 bridgehead atoms. The Balaban J connectivity index is 5.84. The van der Waals surface area contributed by atoms with E-state index in [9.17, 15) is 65.9 Å². The van der Waals surface area contributed by atoms with Crippen LogP contribution in [0.15, 0.2) is 0 Å². The van der Waals surface area contributed by atoms with Gasteiger partial charge in [-0.15, -0.1) is 0 Å². The minimum atomic E-state index is -7.89. The van der Waals surface area contributed by atoms with Crippen molar-refractivity contribution in [3.05, 3.63) is 0 Å². The third-order valence-electron chi connectivity index (χ3n) is 2.17. The summed E-state index contributed by atoms with van der Waals surface area (Å²) < 4.78 is 189. The maximum atomic E-state index is 12.7. The predicted octanol–water partition coefficient (Wildman–Crippen LogP) is 4.22. The zero-order valence-corrected chi connectivity index (χ0v) is 11.1. The third-order valence-corrected chi connectivity index (χ3v) is 2.17. The first kappa shape index (κ1) is 24.8. The van der Waals surface area contributed by atoms with Crippen molar-refractivity contribution in [3.63, 3.8) is 0 Å². The number of hydrogen-bond donors (Lipinski definition) is 1. The van der Waals surface area contributed by atoms with Gasteiger partial charge in [0.1, 0.15) is 6.61 Å². The van der Waals surface area contributed by atoms with E-state index in [4.69, 9.17) is 5.11 Å². The van der Waals surface area contributed by atoms with Crippen LogP contribution in [0.3, 0.4) is 0 Å². The monoisotopic (exact) mass is 432 g/mol. The fraction of sp³-hybridized carbons (Fsp3) is 1.00. The van der Waals surface area contributed by atoms with Crippen molar-refractivity contribution in [3.8, 4) is 0 Å². The zero-order valence-electron chi connectivity index (χ0n) is 11.1. The molecule has 0 fully saturated rings. The standard InChI is InChI=1S/C8H3F15O3/c9-2(10,1-24)25-7(20,21)8(22,23)26-6(18,19)4(13,14)3(11,12)5(15,16)17/h24H,1H2. The molecule has 0 atom stereocenters. The number of aliphatic hydroxyl groups excluding tert-OH is 1. The van der Waals surface area contributed by atoms with Gasteiger partial charge in [-0.3, -0.25) is 0 Å². The van der Waals surface area contributed by atoms with Gasteiger partial charge in [0, 0.05) is 0 Å². The van der Waals surface area contributed by atoms with Gasteiger partial charge in [-0.2, -0.15) is 65.9 Å². The molecule has 0 saturated carbocycles. The summed E-state index contributed by atoms with van der Waals surface area (Å²) in [6, 6.07) is 0. The van der Waals surface area contributed by atoms with E-state index in [1.165, 1.54) is 4.74 Å². The van der Waals surface area contributed by atoms with Crippen LogP contribution in [0.5, 0.6) is 0 Å². The van der Waals surface area contributed by atoms with E-state index < -0.39 is 49.1 Å². The van der Waals surface area contributed by atoms with Crippen LogP contribution < -0.4 is 0 Å². The number of halogens is 15. The van der Waals surface area contributed by atoms with Crippen molar-refractivity contribution in [2.24, 2.45) is 0 Å². The number of rotatable bonds is 8. The highest BCUT2D eigenvalue weighted by Crippen LogP contribution is 2.55. The van der Waals surface area contributed by atoms with Crippen molar-refractivity contribution in [2.45, 2.75) is 42.5 Å². The number of hydrogen-bond acceptors (Lipinski definition) is 3. The average Bonchev–Trinajstić information content (AvgIpc) is 2.34. The largest absolute Gasteiger partial charge is 0.460 e. The SMILES string of the molecule is OCC(F)(F)OC(F)(F)C(F)(F)OC(F)(F)C(F)(F)C(F)(F)C(F)(F)F. The minimum Gasteiger partial charge on any atom is -0.387 e. The molecule has 1 N–H and O–H groups in total. The summed E-state index contributed by atoms with van der Waals surface area (Å²) in [5, 5.41) is 7.79. The van der Waals surface area contributed by atoms with Gasteiger partial charge in [0.25, 0.3) is 0 Å². The lowest BCUT2D eigenvalue weighted by atomic mass is 10.1. The van der Waals surface area contributed by atoms with Gasteiger partial charge in [-0.25, -0.2) is 9.47 Å². The molecule has 0 heterocycles. The fourth-order valence-corrected chi connectivity index (χ4v) is 0.924. The molecule has 0 aromatic rings. The Labute approximate surface area is 131 Å². The number of aliphatic hydroxyl groups is 1. The van der Waals surface area contributed by atoms with Crippen LogP contribution in [0.25, 0.3) is 0 Å². The molecular formula is C8H3F15O3. The first-order valence-corrected chi connectivity index (χ1v) is 5.32. The molecule has 0 aromatic heterocycles. The van der Waals surface area contributed by atoms with Crippen molar-refractivity contribution < 1.29 is 80.4 Å². The molecule has 0 unspecified atom stereocenters. The third kappa shape index (κ3) is 4.38. The Morgan fingerprint density at radius 2 is 0.846 bits per heavy atom. The van der Waals surface area contributed by atoms with E-state index in [1.54, 1.807) is 0 Å². The van der Waals surface area contributed by atoms with Crippen LogP contribution in [0.1, 0.15) is 0 Å². The van der Waals surface area contributed by atoms with Crippen LogP contribution in [0.2, 0.25) is 0 Å². The first-order chi connectivity index (χ1) is 11.0. The lowest BCUT2D eigenvalue weighted by Gasteiger charge is -2.36. The van der Waals surface area contributed by atoms with E-state index in [0.717, 1.165) is 0 Å². The van der Waals surface area contributed by atoms with E-state index in [-0.39, 0.29) is 0 Å². The van der Waals surface area contributed by atoms with E-state index in [2.05, 4.69) is 0 Å². The highest BCUT2D eigenvalue weighted by molar-refractivity contribution is 4.97. The maximum absolute atomic E-state index is 12.7. The van der Waals surface area contributed by atoms with E-state index in [1.807, 2.05) is 4.74 Å². The molecular weight excluding hydrogens is 429 g/mol. The molecule has 0 saturated heterocycles. The Morgan fingerprint density at radius 3 is 1.15 bits per heavy atom. The summed E-state index contributed by atoms with van der Waals surface area (Å²) in [4.78, 5) is 0. The first-order valence-electron chi connectivity index (χ1n) is 5.32. The lowest BCUT2D eigenvalue weighted by Crippen LogP contribution is -2.64. The fourth-order valence-electron chi connectivity index (χ4n) is 0.924. The van der Waals surface area contributed by atoms with Crippen molar-refractivity contribution in [2.75, 3.05) is 6.61 Å². The molecule has 0 aromatic carbocycles. The molecule has 26 heavy (non-hydrogen) atoms. The van der Waals surface area contributed by atoms with Crippen LogP contribution in [0, 0.1) is 0 Å². The van der Waals surface area contributed by atoms with Gasteiger partial charge in [0.15, 0.2) is 0 Å². The molecule has 0 amide bonds. The summed E-state index contributed by atoms with van der Waals surface area (Å²) in [5.74, 6) is -15.7. The molecule has 158 valence electrons. The van der Waals surface area contributed by atoms with Crippen LogP contribution in [-0.2, 0) is 9.47 Å². The molecule has 0 radical (unpaired) electrons. The van der Waals surface area contributed by atoms with E-state index in [0.29, 0.717) is 0 Å². The van der Waals surface area contributed by atoms with Gasteiger partial charge in [-0.05, 0) is 0 Å². The van der Waals surface area contributed by atoms with Gasteiger partial charge in [-0.1, -0.05) is 0 Å². The topological polar surface area (TPSA) is 38.7 Å². The molecule has 18 heteroatoms. The zero-order chi connectivity index (χ0) is 21.6. The van der Waals surface area contributed by atoms with Crippen molar-refractivity contribution in [1.29, 1.82) is 0 Å².